The Labute approximate surface area is 121 Å². The van der Waals surface area contributed by atoms with Crippen molar-refractivity contribution < 1.29 is 9.90 Å². The van der Waals surface area contributed by atoms with E-state index in [1.165, 1.54) is 0 Å². The van der Waals surface area contributed by atoms with Gasteiger partial charge in [-0.3, -0.25) is 4.79 Å². The van der Waals surface area contributed by atoms with Crippen molar-refractivity contribution in [2.75, 3.05) is 11.5 Å². The van der Waals surface area contributed by atoms with E-state index in [-0.39, 0.29) is 22.8 Å². The highest BCUT2D eigenvalue weighted by Crippen LogP contribution is 2.35. The number of hydrogen-bond acceptors (Lipinski definition) is 4. The number of anilines is 2. The van der Waals surface area contributed by atoms with Crippen molar-refractivity contribution >= 4 is 27.9 Å². The molecule has 3 rings (SSSR count). The first-order valence-electron chi connectivity index (χ1n) is 6.49. The van der Waals surface area contributed by atoms with Gasteiger partial charge in [0, 0.05) is 22.2 Å². The van der Waals surface area contributed by atoms with Crippen LogP contribution in [0.15, 0.2) is 54.6 Å². The van der Waals surface area contributed by atoms with Crippen LogP contribution in [-0.4, -0.2) is 10.9 Å². The molecule has 0 aliphatic heterocycles. The van der Waals surface area contributed by atoms with Crippen molar-refractivity contribution in [3.8, 4) is 5.75 Å². The van der Waals surface area contributed by atoms with E-state index in [2.05, 4.69) is 0 Å². The van der Waals surface area contributed by atoms with Crippen molar-refractivity contribution in [3.63, 3.8) is 0 Å². The number of benzene rings is 3. The zero-order valence-electron chi connectivity index (χ0n) is 11.2. The number of para-hydroxylation sites is 1. The van der Waals surface area contributed by atoms with Gasteiger partial charge in [-0.2, -0.15) is 0 Å². The molecular weight excluding hydrogens is 264 g/mol. The van der Waals surface area contributed by atoms with E-state index >= 15 is 0 Å². The van der Waals surface area contributed by atoms with Crippen molar-refractivity contribution in [1.82, 2.24) is 0 Å². The number of rotatable bonds is 2. The van der Waals surface area contributed by atoms with Gasteiger partial charge in [-0.25, -0.2) is 0 Å². The normalized spacial score (nSPS) is 10.7. The maximum absolute atomic E-state index is 12.6. The zero-order chi connectivity index (χ0) is 15.0. The Kier molecular flexibility index (Phi) is 2.99. The molecule has 5 N–H and O–H groups in total. The summed E-state index contributed by atoms with van der Waals surface area (Å²) in [5.74, 6) is -0.377. The standard InChI is InChI=1S/C17H14N2O2/c18-14-8-4-3-7-12(14)16(20)13-9-10-5-1-2-6-11(10)17(21)15(13)19/h1-9,21H,18-19H2. The molecule has 104 valence electrons. The molecule has 0 heterocycles. The fourth-order valence-corrected chi connectivity index (χ4v) is 2.38. The molecule has 0 aliphatic carbocycles. The highest BCUT2D eigenvalue weighted by atomic mass is 16.3. The molecule has 0 atom stereocenters. The number of ketones is 1. The molecule has 0 radical (unpaired) electrons. The molecule has 3 aromatic carbocycles. The fourth-order valence-electron chi connectivity index (χ4n) is 2.38. The highest BCUT2D eigenvalue weighted by Gasteiger charge is 2.18. The summed E-state index contributed by atoms with van der Waals surface area (Å²) in [7, 11) is 0. The average molecular weight is 278 g/mol. The Balaban J connectivity index is 2.24. The molecule has 0 aromatic heterocycles. The molecule has 21 heavy (non-hydrogen) atoms. The number of fused-ring (bicyclic) bond motifs is 1. The number of aromatic hydroxyl groups is 1. The van der Waals surface area contributed by atoms with Crippen molar-refractivity contribution in [3.05, 3.63) is 65.7 Å². The maximum atomic E-state index is 12.6. The Bertz CT molecular complexity index is 857. The van der Waals surface area contributed by atoms with Crippen LogP contribution >= 0.6 is 0 Å². The topological polar surface area (TPSA) is 89.3 Å². The molecule has 4 heteroatoms. The van der Waals surface area contributed by atoms with Gasteiger partial charge in [0.25, 0.3) is 0 Å². The number of nitrogen functional groups attached to an aromatic ring is 2. The summed E-state index contributed by atoms with van der Waals surface area (Å²) in [6.07, 6.45) is 0. The van der Waals surface area contributed by atoms with Crippen LogP contribution in [0.3, 0.4) is 0 Å². The monoisotopic (exact) mass is 278 g/mol. The average Bonchev–Trinajstić information content (AvgIpc) is 2.51. The summed E-state index contributed by atoms with van der Waals surface area (Å²) >= 11 is 0. The first-order valence-corrected chi connectivity index (χ1v) is 6.49. The lowest BCUT2D eigenvalue weighted by molar-refractivity contribution is 0.104. The molecule has 0 fully saturated rings. The van der Waals surface area contributed by atoms with E-state index in [9.17, 15) is 9.90 Å². The van der Waals surface area contributed by atoms with Crippen molar-refractivity contribution in [2.45, 2.75) is 0 Å². The third-order valence-electron chi connectivity index (χ3n) is 3.51. The second-order valence-corrected chi connectivity index (χ2v) is 4.82. The van der Waals surface area contributed by atoms with Gasteiger partial charge in [-0.1, -0.05) is 36.4 Å². The number of phenols is 1. The lowest BCUT2D eigenvalue weighted by Crippen LogP contribution is -2.08. The predicted octanol–water partition coefficient (Wildman–Crippen LogP) is 2.94. The van der Waals surface area contributed by atoms with Gasteiger partial charge >= 0.3 is 0 Å². The van der Waals surface area contributed by atoms with E-state index in [1.54, 1.807) is 42.5 Å². The lowest BCUT2D eigenvalue weighted by atomic mass is 9.96. The summed E-state index contributed by atoms with van der Waals surface area (Å²) in [5.41, 5.74) is 12.8. The smallest absolute Gasteiger partial charge is 0.197 e. The van der Waals surface area contributed by atoms with E-state index in [1.807, 2.05) is 12.1 Å². The van der Waals surface area contributed by atoms with Crippen LogP contribution in [0.4, 0.5) is 11.4 Å². The lowest BCUT2D eigenvalue weighted by Gasteiger charge is -2.11. The highest BCUT2D eigenvalue weighted by molar-refractivity contribution is 6.17. The first kappa shape index (κ1) is 13.0. The molecule has 0 aliphatic rings. The minimum Gasteiger partial charge on any atom is -0.505 e. The predicted molar refractivity (Wildman–Crippen MR) is 84.3 cm³/mol. The second-order valence-electron chi connectivity index (χ2n) is 4.82. The quantitative estimate of drug-likeness (QED) is 0.382. The van der Waals surface area contributed by atoms with Crippen molar-refractivity contribution in [2.24, 2.45) is 0 Å². The fraction of sp³-hybridized carbons (Fsp3) is 0. The Morgan fingerprint density at radius 2 is 1.57 bits per heavy atom. The molecule has 0 unspecified atom stereocenters. The number of carbonyl (C=O) groups excluding carboxylic acids is 1. The molecule has 0 saturated carbocycles. The summed E-state index contributed by atoms with van der Waals surface area (Å²) < 4.78 is 0. The Morgan fingerprint density at radius 1 is 0.905 bits per heavy atom. The molecule has 3 aromatic rings. The largest absolute Gasteiger partial charge is 0.505 e. The minimum absolute atomic E-state index is 0.0713. The molecule has 0 saturated heterocycles. The Hall–Kier alpha value is -3.01. The van der Waals surface area contributed by atoms with E-state index < -0.39 is 0 Å². The third-order valence-corrected chi connectivity index (χ3v) is 3.51. The molecule has 0 amide bonds. The Morgan fingerprint density at radius 3 is 2.33 bits per heavy atom. The van der Waals surface area contributed by atoms with Gasteiger partial charge in [-0.15, -0.1) is 0 Å². The maximum Gasteiger partial charge on any atom is 0.197 e. The van der Waals surface area contributed by atoms with Crippen LogP contribution in [-0.2, 0) is 0 Å². The first-order chi connectivity index (χ1) is 10.1. The minimum atomic E-state index is -0.299. The summed E-state index contributed by atoms with van der Waals surface area (Å²) in [6, 6.07) is 15.7. The third kappa shape index (κ3) is 2.07. The zero-order valence-corrected chi connectivity index (χ0v) is 11.2. The number of carbonyl (C=O) groups is 1. The van der Waals surface area contributed by atoms with Gasteiger partial charge in [0.1, 0.15) is 5.75 Å². The summed E-state index contributed by atoms with van der Waals surface area (Å²) in [4.78, 5) is 12.6. The van der Waals surface area contributed by atoms with Crippen LogP contribution < -0.4 is 11.5 Å². The summed E-state index contributed by atoms with van der Waals surface area (Å²) in [5, 5.41) is 11.6. The molecule has 0 bridgehead atoms. The van der Waals surface area contributed by atoms with Gasteiger partial charge in [-0.05, 0) is 23.6 Å². The van der Waals surface area contributed by atoms with Crippen LogP contribution in [0.1, 0.15) is 15.9 Å². The molecule has 4 nitrogen and oxygen atoms in total. The van der Waals surface area contributed by atoms with E-state index in [4.69, 9.17) is 11.5 Å². The summed E-state index contributed by atoms with van der Waals surface area (Å²) in [6.45, 7) is 0. The van der Waals surface area contributed by atoms with Crippen LogP contribution in [0.5, 0.6) is 5.75 Å². The number of nitrogens with two attached hydrogens (primary N) is 2. The van der Waals surface area contributed by atoms with E-state index in [0.29, 0.717) is 16.6 Å². The van der Waals surface area contributed by atoms with Crippen LogP contribution in [0, 0.1) is 0 Å². The van der Waals surface area contributed by atoms with Crippen molar-refractivity contribution in [1.29, 1.82) is 0 Å². The number of phenolic OH excluding ortho intramolecular Hbond substituents is 1. The van der Waals surface area contributed by atoms with Crippen LogP contribution in [0.2, 0.25) is 0 Å². The van der Waals surface area contributed by atoms with Crippen LogP contribution in [0.25, 0.3) is 10.8 Å². The van der Waals surface area contributed by atoms with Gasteiger partial charge in [0.15, 0.2) is 5.78 Å². The molecule has 0 spiro atoms. The number of hydrogen-bond donors (Lipinski definition) is 3. The molecular formula is C17H14N2O2. The van der Waals surface area contributed by atoms with Gasteiger partial charge in [0.05, 0.1) is 5.69 Å². The van der Waals surface area contributed by atoms with Gasteiger partial charge < -0.3 is 16.6 Å². The second kappa shape index (κ2) is 4.83. The van der Waals surface area contributed by atoms with E-state index in [0.717, 1.165) is 5.39 Å². The van der Waals surface area contributed by atoms with Gasteiger partial charge in [0.2, 0.25) is 0 Å². The SMILES string of the molecule is Nc1ccccc1C(=O)c1cc2ccccc2c(O)c1N.